The summed E-state index contributed by atoms with van der Waals surface area (Å²) in [5.41, 5.74) is 1.86. The molecule has 0 aliphatic carbocycles. The van der Waals surface area contributed by atoms with E-state index >= 15 is 0 Å². The van der Waals surface area contributed by atoms with E-state index in [0.717, 1.165) is 23.3 Å². The molecule has 0 saturated carbocycles. The molecular formula is C18H18FNO2. The van der Waals surface area contributed by atoms with Gasteiger partial charge in [-0.25, -0.2) is 4.39 Å². The Bertz CT molecular complexity index is 672. The Labute approximate surface area is 129 Å². The summed E-state index contributed by atoms with van der Waals surface area (Å²) in [6, 6.07) is 14.1. The van der Waals surface area contributed by atoms with Crippen molar-refractivity contribution in [2.24, 2.45) is 0 Å². The SMILES string of the molecule is O=C(CCc1cccc(F)c1)NC1CCOc2ccccc21. The van der Waals surface area contributed by atoms with E-state index in [1.165, 1.54) is 12.1 Å². The van der Waals surface area contributed by atoms with Crippen LogP contribution in [0.15, 0.2) is 48.5 Å². The van der Waals surface area contributed by atoms with E-state index in [4.69, 9.17) is 4.74 Å². The second kappa shape index (κ2) is 6.60. The predicted octanol–water partition coefficient (Wildman–Crippen LogP) is 3.40. The Morgan fingerprint density at radius 1 is 1.23 bits per heavy atom. The van der Waals surface area contributed by atoms with Gasteiger partial charge in [-0.05, 0) is 30.2 Å². The summed E-state index contributed by atoms with van der Waals surface area (Å²) in [7, 11) is 0. The Kier molecular flexibility index (Phi) is 4.37. The second-order valence-corrected chi connectivity index (χ2v) is 5.42. The van der Waals surface area contributed by atoms with Crippen molar-refractivity contribution in [2.75, 3.05) is 6.61 Å². The molecule has 1 atom stereocenters. The summed E-state index contributed by atoms with van der Waals surface area (Å²) in [5.74, 6) is 0.548. The number of fused-ring (bicyclic) bond motifs is 1. The van der Waals surface area contributed by atoms with Gasteiger partial charge in [-0.1, -0.05) is 30.3 Å². The zero-order chi connectivity index (χ0) is 15.4. The average Bonchev–Trinajstić information content (AvgIpc) is 2.53. The molecule has 4 heteroatoms. The van der Waals surface area contributed by atoms with Crippen molar-refractivity contribution in [1.29, 1.82) is 0 Å². The summed E-state index contributed by atoms with van der Waals surface area (Å²) in [4.78, 5) is 12.1. The topological polar surface area (TPSA) is 38.3 Å². The van der Waals surface area contributed by atoms with E-state index in [1.807, 2.05) is 30.3 Å². The number of halogens is 1. The zero-order valence-corrected chi connectivity index (χ0v) is 12.2. The Morgan fingerprint density at radius 3 is 2.95 bits per heavy atom. The van der Waals surface area contributed by atoms with Crippen LogP contribution in [-0.4, -0.2) is 12.5 Å². The van der Waals surface area contributed by atoms with Crippen LogP contribution in [0.4, 0.5) is 4.39 Å². The quantitative estimate of drug-likeness (QED) is 0.939. The van der Waals surface area contributed by atoms with E-state index < -0.39 is 0 Å². The molecule has 3 rings (SSSR count). The van der Waals surface area contributed by atoms with Gasteiger partial charge >= 0.3 is 0 Å². The van der Waals surface area contributed by atoms with Gasteiger partial charge in [0.05, 0.1) is 12.6 Å². The van der Waals surface area contributed by atoms with Crippen molar-refractivity contribution in [3.63, 3.8) is 0 Å². The Hall–Kier alpha value is -2.36. The van der Waals surface area contributed by atoms with E-state index in [0.29, 0.717) is 19.4 Å². The van der Waals surface area contributed by atoms with E-state index in [9.17, 15) is 9.18 Å². The van der Waals surface area contributed by atoms with Crippen LogP contribution in [-0.2, 0) is 11.2 Å². The maximum absolute atomic E-state index is 13.1. The number of aryl methyl sites for hydroxylation is 1. The monoisotopic (exact) mass is 299 g/mol. The molecule has 0 aromatic heterocycles. The standard InChI is InChI=1S/C18H18FNO2/c19-14-5-3-4-13(12-14)8-9-18(21)20-16-10-11-22-17-7-2-1-6-15(16)17/h1-7,12,16H,8-11H2,(H,20,21). The van der Waals surface area contributed by atoms with Crippen LogP contribution in [0.3, 0.4) is 0 Å². The van der Waals surface area contributed by atoms with Gasteiger partial charge in [0.2, 0.25) is 5.91 Å². The Balaban J connectivity index is 1.59. The van der Waals surface area contributed by atoms with Crippen LogP contribution in [0.1, 0.15) is 30.0 Å². The largest absolute Gasteiger partial charge is 0.493 e. The highest BCUT2D eigenvalue weighted by Gasteiger charge is 2.22. The van der Waals surface area contributed by atoms with Crippen LogP contribution in [0.2, 0.25) is 0 Å². The molecule has 1 amide bonds. The van der Waals surface area contributed by atoms with Crippen LogP contribution < -0.4 is 10.1 Å². The fourth-order valence-electron chi connectivity index (χ4n) is 2.71. The van der Waals surface area contributed by atoms with Crippen LogP contribution in [0, 0.1) is 5.82 Å². The number of nitrogens with one attached hydrogen (secondary N) is 1. The lowest BCUT2D eigenvalue weighted by molar-refractivity contribution is -0.122. The minimum absolute atomic E-state index is 0.00930. The van der Waals surface area contributed by atoms with Gasteiger partial charge in [0.1, 0.15) is 11.6 Å². The molecule has 0 saturated heterocycles. The fraction of sp³-hybridized carbons (Fsp3) is 0.278. The molecule has 3 nitrogen and oxygen atoms in total. The highest BCUT2D eigenvalue weighted by molar-refractivity contribution is 5.76. The predicted molar refractivity (Wildman–Crippen MR) is 82.2 cm³/mol. The first-order chi connectivity index (χ1) is 10.7. The molecule has 1 aliphatic heterocycles. The number of carbonyl (C=O) groups excluding carboxylic acids is 1. The number of para-hydroxylation sites is 1. The molecule has 2 aromatic carbocycles. The van der Waals surface area contributed by atoms with Crippen molar-refractivity contribution in [1.82, 2.24) is 5.32 Å². The molecule has 1 aliphatic rings. The lowest BCUT2D eigenvalue weighted by atomic mass is 10.00. The molecule has 0 fully saturated rings. The number of benzene rings is 2. The van der Waals surface area contributed by atoms with Crippen molar-refractivity contribution in [3.8, 4) is 5.75 Å². The molecule has 0 spiro atoms. The molecule has 0 radical (unpaired) electrons. The summed E-state index contributed by atoms with van der Waals surface area (Å²) in [6.07, 6.45) is 1.65. The van der Waals surface area contributed by atoms with Gasteiger partial charge in [-0.2, -0.15) is 0 Å². The molecule has 0 bridgehead atoms. The maximum Gasteiger partial charge on any atom is 0.220 e. The number of hydrogen-bond acceptors (Lipinski definition) is 2. The highest BCUT2D eigenvalue weighted by Crippen LogP contribution is 2.31. The number of carbonyl (C=O) groups is 1. The fourth-order valence-corrected chi connectivity index (χ4v) is 2.71. The van der Waals surface area contributed by atoms with Gasteiger partial charge in [-0.15, -0.1) is 0 Å². The van der Waals surface area contributed by atoms with Gasteiger partial charge in [0.25, 0.3) is 0 Å². The van der Waals surface area contributed by atoms with Crippen LogP contribution >= 0.6 is 0 Å². The Morgan fingerprint density at radius 2 is 2.09 bits per heavy atom. The van der Waals surface area contributed by atoms with Gasteiger partial charge in [-0.3, -0.25) is 4.79 Å². The van der Waals surface area contributed by atoms with Crippen LogP contribution in [0.25, 0.3) is 0 Å². The minimum atomic E-state index is -0.267. The number of hydrogen-bond donors (Lipinski definition) is 1. The van der Waals surface area contributed by atoms with E-state index in [1.54, 1.807) is 6.07 Å². The third-order valence-corrected chi connectivity index (χ3v) is 3.82. The number of amides is 1. The summed E-state index contributed by atoms with van der Waals surface area (Å²) < 4.78 is 18.7. The molecule has 1 heterocycles. The van der Waals surface area contributed by atoms with Crippen molar-refractivity contribution in [3.05, 3.63) is 65.5 Å². The smallest absolute Gasteiger partial charge is 0.220 e. The zero-order valence-electron chi connectivity index (χ0n) is 12.2. The number of ether oxygens (including phenoxy) is 1. The molecule has 2 aromatic rings. The first-order valence-corrected chi connectivity index (χ1v) is 7.48. The first kappa shape index (κ1) is 14.6. The van der Waals surface area contributed by atoms with Crippen molar-refractivity contribution >= 4 is 5.91 Å². The normalized spacial score (nSPS) is 16.5. The lowest BCUT2D eigenvalue weighted by Crippen LogP contribution is -2.32. The maximum atomic E-state index is 13.1. The molecule has 1 N–H and O–H groups in total. The molecule has 22 heavy (non-hydrogen) atoms. The van der Waals surface area contributed by atoms with Crippen molar-refractivity contribution < 1.29 is 13.9 Å². The van der Waals surface area contributed by atoms with Gasteiger partial charge in [0, 0.05) is 18.4 Å². The van der Waals surface area contributed by atoms with E-state index in [-0.39, 0.29) is 17.8 Å². The molecule has 114 valence electrons. The summed E-state index contributed by atoms with van der Waals surface area (Å²) >= 11 is 0. The summed E-state index contributed by atoms with van der Waals surface area (Å²) in [6.45, 7) is 0.603. The van der Waals surface area contributed by atoms with Crippen molar-refractivity contribution in [2.45, 2.75) is 25.3 Å². The molecule has 1 unspecified atom stereocenters. The van der Waals surface area contributed by atoms with E-state index in [2.05, 4.69) is 5.32 Å². The minimum Gasteiger partial charge on any atom is -0.493 e. The summed E-state index contributed by atoms with van der Waals surface area (Å²) in [5, 5.41) is 3.05. The van der Waals surface area contributed by atoms with Crippen LogP contribution in [0.5, 0.6) is 5.75 Å². The first-order valence-electron chi connectivity index (χ1n) is 7.48. The van der Waals surface area contributed by atoms with Gasteiger partial charge < -0.3 is 10.1 Å². The van der Waals surface area contributed by atoms with Gasteiger partial charge in [0.15, 0.2) is 0 Å². The third-order valence-electron chi connectivity index (χ3n) is 3.82. The highest BCUT2D eigenvalue weighted by atomic mass is 19.1. The average molecular weight is 299 g/mol. The molecular weight excluding hydrogens is 281 g/mol. The second-order valence-electron chi connectivity index (χ2n) is 5.42. The lowest BCUT2D eigenvalue weighted by Gasteiger charge is -2.26. The third kappa shape index (κ3) is 3.45. The number of rotatable bonds is 4.